The Morgan fingerprint density at radius 3 is 2.53 bits per heavy atom. The first kappa shape index (κ1) is 24.0. The zero-order chi connectivity index (χ0) is 22.5. The highest BCUT2D eigenvalue weighted by Gasteiger charge is 2.31. The van der Waals surface area contributed by atoms with Gasteiger partial charge >= 0.3 is 0 Å². The number of sulfonamides is 1. The molecule has 1 aromatic rings. The summed E-state index contributed by atoms with van der Waals surface area (Å²) < 4.78 is 47.4. The molecule has 0 unspecified atom stereocenters. The molecule has 9 heteroatoms. The highest BCUT2D eigenvalue weighted by molar-refractivity contribution is 7.89. The lowest BCUT2D eigenvalue weighted by Crippen LogP contribution is -2.58. The van der Waals surface area contributed by atoms with E-state index in [1.807, 2.05) is 11.8 Å². The van der Waals surface area contributed by atoms with E-state index in [4.69, 9.17) is 4.74 Å². The minimum Gasteiger partial charge on any atom is -0.445 e. The number of ether oxygens (including phenoxy) is 1. The predicted octanol–water partition coefficient (Wildman–Crippen LogP) is 2.81. The Morgan fingerprint density at radius 2 is 2.03 bits per heavy atom. The number of benzene rings is 1. The van der Waals surface area contributed by atoms with Gasteiger partial charge in [0.15, 0.2) is 11.6 Å². The van der Waals surface area contributed by atoms with Gasteiger partial charge in [0, 0.05) is 0 Å². The first-order chi connectivity index (χ1) is 14.1. The van der Waals surface area contributed by atoms with Crippen molar-refractivity contribution in [3.63, 3.8) is 0 Å². The Kier molecular flexibility index (Phi) is 7.79. The molecule has 1 aliphatic heterocycles. The summed E-state index contributed by atoms with van der Waals surface area (Å²) in [5, 5.41) is 0. The molecule has 30 heavy (non-hydrogen) atoms. The van der Waals surface area contributed by atoms with Crippen LogP contribution in [-0.2, 0) is 10.0 Å². The van der Waals surface area contributed by atoms with Crippen molar-refractivity contribution in [2.24, 2.45) is 4.99 Å². The summed E-state index contributed by atoms with van der Waals surface area (Å²) in [6, 6.07) is 4.81. The molecule has 1 aliphatic rings. The van der Waals surface area contributed by atoms with Crippen LogP contribution in [0.2, 0.25) is 0 Å². The van der Waals surface area contributed by atoms with Gasteiger partial charge in [-0.3, -0.25) is 4.48 Å². The minimum atomic E-state index is -3.48. The van der Waals surface area contributed by atoms with Crippen LogP contribution in [-0.4, -0.2) is 71.5 Å². The van der Waals surface area contributed by atoms with Crippen LogP contribution >= 0.6 is 0 Å². The second kappa shape index (κ2) is 9.72. The van der Waals surface area contributed by atoms with Crippen molar-refractivity contribution < 1.29 is 22.0 Å². The molecule has 0 atom stereocenters. The van der Waals surface area contributed by atoms with Crippen LogP contribution < -0.4 is 9.46 Å². The number of hydrogen-bond acceptors (Lipinski definition) is 5. The first-order valence-electron chi connectivity index (χ1n) is 9.82. The van der Waals surface area contributed by atoms with Crippen LogP contribution in [0, 0.1) is 6.92 Å². The molecule has 1 saturated heterocycles. The monoisotopic (exact) mass is 439 g/mol. The lowest BCUT2D eigenvalue weighted by atomic mass is 10.2. The first-order valence-corrected chi connectivity index (χ1v) is 11.3. The molecule has 2 rings (SSSR count). The third kappa shape index (κ3) is 5.47. The fourth-order valence-corrected chi connectivity index (χ4v) is 4.01. The topological polar surface area (TPSA) is 71.0 Å². The number of aliphatic imine (C=N–C) groups is 1. The van der Waals surface area contributed by atoms with Crippen molar-refractivity contribution in [3.05, 3.63) is 47.1 Å². The summed E-state index contributed by atoms with van der Waals surface area (Å²) >= 11 is 0. The van der Waals surface area contributed by atoms with E-state index in [0.717, 1.165) is 18.7 Å². The van der Waals surface area contributed by atoms with Crippen molar-refractivity contribution in [3.8, 4) is 5.75 Å². The van der Waals surface area contributed by atoms with Crippen molar-refractivity contribution in [2.45, 2.75) is 25.7 Å². The number of aryl methyl sites for hydroxylation is 1. The van der Waals surface area contributed by atoms with Gasteiger partial charge in [0.05, 0.1) is 38.1 Å². The van der Waals surface area contributed by atoms with Gasteiger partial charge in [0.2, 0.25) is 16.8 Å². The smallest absolute Gasteiger partial charge is 0.240 e. The molecule has 1 heterocycles. The molecular weight excluding hydrogens is 407 g/mol. The Bertz CT molecular complexity index is 949. The molecule has 166 valence electrons. The molecule has 0 bridgehead atoms. The summed E-state index contributed by atoms with van der Waals surface area (Å²) in [5.74, 6) is 0.594. The van der Waals surface area contributed by atoms with Crippen molar-refractivity contribution in [2.75, 3.05) is 47.0 Å². The average molecular weight is 440 g/mol. The maximum atomic E-state index is 14.6. The number of nitrogens with zero attached hydrogens (tertiary/aromatic N) is 3. The SMILES string of the molecule is C=NC(=C(F)C(C)=CC)N1CC[N+](C)(COc2ccc(S(=O)(=O)NC)cc2C)CC1. The van der Waals surface area contributed by atoms with Crippen LogP contribution in [0.3, 0.4) is 0 Å². The van der Waals surface area contributed by atoms with Gasteiger partial charge in [0.1, 0.15) is 5.75 Å². The number of piperazine rings is 1. The average Bonchev–Trinajstić information content (AvgIpc) is 2.74. The molecule has 0 aliphatic carbocycles. The Labute approximate surface area is 179 Å². The minimum absolute atomic E-state index is 0.207. The number of hydrogen-bond donors (Lipinski definition) is 1. The van der Waals surface area contributed by atoms with Crippen LogP contribution in [0.4, 0.5) is 4.39 Å². The molecule has 1 N–H and O–H groups in total. The number of allylic oxidation sites excluding steroid dienone is 3. The van der Waals surface area contributed by atoms with E-state index in [-0.39, 0.29) is 16.5 Å². The van der Waals surface area contributed by atoms with E-state index in [9.17, 15) is 12.8 Å². The zero-order valence-corrected chi connectivity index (χ0v) is 19.2. The maximum Gasteiger partial charge on any atom is 0.240 e. The second-order valence-corrected chi connectivity index (χ2v) is 9.62. The third-order valence-corrected chi connectivity index (χ3v) is 6.91. The summed E-state index contributed by atoms with van der Waals surface area (Å²) in [4.78, 5) is 6.04. The molecule has 0 saturated carbocycles. The highest BCUT2D eigenvalue weighted by atomic mass is 32.2. The van der Waals surface area contributed by atoms with E-state index in [2.05, 4.69) is 23.5 Å². The largest absolute Gasteiger partial charge is 0.445 e. The summed E-state index contributed by atoms with van der Waals surface area (Å²) in [7, 11) is -0.0140. The van der Waals surface area contributed by atoms with E-state index >= 15 is 0 Å². The van der Waals surface area contributed by atoms with Crippen LogP contribution in [0.25, 0.3) is 0 Å². The molecule has 0 amide bonds. The van der Waals surface area contributed by atoms with E-state index in [1.165, 1.54) is 13.1 Å². The Balaban J connectivity index is 2.04. The van der Waals surface area contributed by atoms with Crippen molar-refractivity contribution in [1.82, 2.24) is 9.62 Å². The molecule has 1 aromatic carbocycles. The lowest BCUT2D eigenvalue weighted by Gasteiger charge is -2.42. The predicted molar refractivity (Wildman–Crippen MR) is 118 cm³/mol. The molecule has 0 radical (unpaired) electrons. The highest BCUT2D eigenvalue weighted by Crippen LogP contribution is 2.25. The number of quaternary nitrogens is 1. The Hall–Kier alpha value is -2.23. The van der Waals surface area contributed by atoms with E-state index in [1.54, 1.807) is 32.1 Å². The van der Waals surface area contributed by atoms with Gasteiger partial charge in [-0.2, -0.15) is 0 Å². The fourth-order valence-electron chi connectivity index (χ4n) is 3.19. The molecule has 0 spiro atoms. The van der Waals surface area contributed by atoms with Crippen molar-refractivity contribution >= 4 is 16.7 Å². The molecule has 0 aromatic heterocycles. The van der Waals surface area contributed by atoms with Gasteiger partial charge in [0.25, 0.3) is 0 Å². The maximum absolute atomic E-state index is 14.6. The summed E-state index contributed by atoms with van der Waals surface area (Å²) in [6.45, 7) is 12.1. The lowest BCUT2D eigenvalue weighted by molar-refractivity contribution is -0.927. The molecule has 7 nitrogen and oxygen atoms in total. The normalized spacial score (nSPS) is 18.1. The molecule has 1 fully saturated rings. The van der Waals surface area contributed by atoms with Crippen LogP contribution in [0.5, 0.6) is 5.75 Å². The third-order valence-electron chi connectivity index (χ3n) is 5.50. The standard InChI is InChI=1S/C21H32FN4O3S/c1-7-16(2)20(22)21(23-4)25-10-12-26(6,13-11-25)15-29-19-9-8-18(14-17(19)3)30(27,28)24-5/h7-9,14,24H,4,10-13,15H2,1-3,5-6H3/q+1. The Morgan fingerprint density at radius 1 is 1.40 bits per heavy atom. The zero-order valence-electron chi connectivity index (χ0n) is 18.4. The second-order valence-electron chi connectivity index (χ2n) is 7.73. The summed E-state index contributed by atoms with van der Waals surface area (Å²) in [6.07, 6.45) is 1.72. The number of nitrogens with one attached hydrogen (secondary N) is 1. The van der Waals surface area contributed by atoms with E-state index < -0.39 is 10.0 Å². The van der Waals surface area contributed by atoms with Gasteiger partial charge in [-0.05, 0) is 63.9 Å². The van der Waals surface area contributed by atoms with Crippen molar-refractivity contribution in [1.29, 1.82) is 0 Å². The summed E-state index contributed by atoms with van der Waals surface area (Å²) in [5.41, 5.74) is 1.30. The van der Waals surface area contributed by atoms with E-state index in [0.29, 0.717) is 35.6 Å². The van der Waals surface area contributed by atoms with Gasteiger partial charge in [-0.1, -0.05) is 6.08 Å². The fraction of sp³-hybridized carbons (Fsp3) is 0.476. The number of halogens is 1. The number of rotatable bonds is 8. The number of likely N-dealkylation sites (N-methyl/N-ethyl adjacent to an activating group) is 1. The van der Waals surface area contributed by atoms with Crippen LogP contribution in [0.1, 0.15) is 19.4 Å². The van der Waals surface area contributed by atoms with Gasteiger partial charge in [-0.25, -0.2) is 22.5 Å². The quantitative estimate of drug-likeness (QED) is 0.384. The molecular formula is C21H32FN4O3S+. The van der Waals surface area contributed by atoms with Crippen LogP contribution in [0.15, 0.2) is 51.4 Å². The van der Waals surface area contributed by atoms with Gasteiger partial charge in [-0.15, -0.1) is 0 Å². The van der Waals surface area contributed by atoms with Gasteiger partial charge < -0.3 is 9.64 Å².